The molecule has 0 saturated heterocycles. The van der Waals surface area contributed by atoms with E-state index in [1.54, 1.807) is 12.4 Å². The number of para-hydroxylation sites is 2. The molecule has 0 fully saturated rings. The zero-order valence-electron chi connectivity index (χ0n) is 29.2. The van der Waals surface area contributed by atoms with E-state index in [-0.39, 0.29) is 0 Å². The van der Waals surface area contributed by atoms with Crippen LogP contribution in [0.25, 0.3) is 102 Å². The van der Waals surface area contributed by atoms with Gasteiger partial charge in [0.15, 0.2) is 23.3 Å². The fraction of sp³-hybridized carbons (Fsp3) is 0. The van der Waals surface area contributed by atoms with E-state index in [9.17, 15) is 0 Å². The van der Waals surface area contributed by atoms with E-state index in [0.29, 0.717) is 57.5 Å². The number of pyridine rings is 3. The Kier molecular flexibility index (Phi) is 7.92. The Balaban J connectivity index is 1.21. The van der Waals surface area contributed by atoms with Crippen molar-refractivity contribution in [2.24, 2.45) is 0 Å². The Morgan fingerprint density at radius 3 is 1.53 bits per heavy atom. The van der Waals surface area contributed by atoms with Crippen LogP contribution in [-0.2, 0) is 0 Å². The molecule has 55 heavy (non-hydrogen) atoms. The van der Waals surface area contributed by atoms with Gasteiger partial charge in [-0.25, -0.2) is 29.9 Å². The fourth-order valence-electron chi connectivity index (χ4n) is 6.65. The molecule has 0 atom stereocenters. The minimum absolute atomic E-state index is 0.386. The van der Waals surface area contributed by atoms with Crippen molar-refractivity contribution in [2.45, 2.75) is 0 Å². The average Bonchev–Trinajstić information content (AvgIpc) is 3.66. The molecule has 9 nitrogen and oxygen atoms in total. The molecule has 0 N–H and O–H groups in total. The molecule has 0 bridgehead atoms. The summed E-state index contributed by atoms with van der Waals surface area (Å²) in [6, 6.07) is 51.3. The highest BCUT2D eigenvalue weighted by Gasteiger charge is 2.20. The summed E-state index contributed by atoms with van der Waals surface area (Å²) in [5.74, 6) is 1.86. The van der Waals surface area contributed by atoms with Gasteiger partial charge in [-0.3, -0.25) is 9.97 Å². The SMILES string of the molecule is c1ccc(-c2nc(-c3nc(-c4ccccc4)nc(-c4cc(-c5ccccn5)nc(-c5ccccn5)c4)n3)cc(-c3cccc4c3oc3ccccc34)n2)cc1. The van der Waals surface area contributed by atoms with E-state index in [1.165, 1.54) is 0 Å². The van der Waals surface area contributed by atoms with Crippen molar-refractivity contribution in [3.63, 3.8) is 0 Å². The van der Waals surface area contributed by atoms with E-state index in [0.717, 1.165) is 44.2 Å². The molecule has 0 aliphatic rings. The quantitative estimate of drug-likeness (QED) is 0.159. The average molecular weight is 709 g/mol. The van der Waals surface area contributed by atoms with Gasteiger partial charge in [0, 0.05) is 45.4 Å². The number of benzene rings is 4. The third kappa shape index (κ3) is 6.15. The molecule has 0 spiro atoms. The van der Waals surface area contributed by atoms with Gasteiger partial charge in [0.05, 0.1) is 28.5 Å². The van der Waals surface area contributed by atoms with Gasteiger partial charge in [-0.1, -0.05) is 103 Å². The number of hydrogen-bond acceptors (Lipinski definition) is 9. The Morgan fingerprint density at radius 1 is 0.327 bits per heavy atom. The van der Waals surface area contributed by atoms with E-state index >= 15 is 0 Å². The maximum Gasteiger partial charge on any atom is 0.182 e. The third-order valence-electron chi connectivity index (χ3n) is 9.27. The first-order valence-corrected chi connectivity index (χ1v) is 17.8. The Labute approximate surface area is 315 Å². The summed E-state index contributed by atoms with van der Waals surface area (Å²) < 4.78 is 6.46. The monoisotopic (exact) mass is 708 g/mol. The zero-order chi connectivity index (χ0) is 36.6. The third-order valence-corrected chi connectivity index (χ3v) is 9.27. The van der Waals surface area contributed by atoms with Gasteiger partial charge in [0.1, 0.15) is 16.9 Å². The van der Waals surface area contributed by atoms with Crippen molar-refractivity contribution in [2.75, 3.05) is 0 Å². The Hall–Kier alpha value is -7.78. The summed E-state index contributed by atoms with van der Waals surface area (Å²) in [7, 11) is 0. The van der Waals surface area contributed by atoms with Gasteiger partial charge in [0.25, 0.3) is 0 Å². The van der Waals surface area contributed by atoms with Crippen LogP contribution >= 0.6 is 0 Å². The topological polar surface area (TPSA) is 116 Å². The van der Waals surface area contributed by atoms with Crippen LogP contribution in [0.1, 0.15) is 0 Å². The number of hydrogen-bond donors (Lipinski definition) is 0. The highest BCUT2D eigenvalue weighted by atomic mass is 16.3. The molecule has 0 amide bonds. The van der Waals surface area contributed by atoms with E-state index in [4.69, 9.17) is 34.3 Å². The van der Waals surface area contributed by atoms with Crippen molar-refractivity contribution in [3.8, 4) is 79.7 Å². The van der Waals surface area contributed by atoms with E-state index in [2.05, 4.69) is 22.1 Å². The highest BCUT2D eigenvalue weighted by molar-refractivity contribution is 6.09. The van der Waals surface area contributed by atoms with Gasteiger partial charge >= 0.3 is 0 Å². The standard InChI is InChI=1S/C46H28N8O/c1-3-14-29(15-4-1)43-50-37(34-20-13-19-33-32-18-7-8-23-41(32)55-42(33)34)28-40(51-43)46-53-44(30-16-5-2-6-17-30)52-45(54-46)31-26-38(35-21-9-11-24-47-35)49-39(27-31)36-22-10-12-25-48-36/h1-28H. The molecule has 4 aromatic carbocycles. The number of aromatic nitrogens is 8. The lowest BCUT2D eigenvalue weighted by Gasteiger charge is -2.12. The van der Waals surface area contributed by atoms with Gasteiger partial charge in [-0.2, -0.15) is 0 Å². The molecule has 0 aliphatic heterocycles. The predicted octanol–water partition coefficient (Wildman–Crippen LogP) is 10.4. The number of furan rings is 1. The van der Waals surface area contributed by atoms with Crippen LogP contribution in [0.4, 0.5) is 0 Å². The lowest BCUT2D eigenvalue weighted by atomic mass is 10.1. The molecule has 10 aromatic rings. The lowest BCUT2D eigenvalue weighted by Crippen LogP contribution is -2.04. The highest BCUT2D eigenvalue weighted by Crippen LogP contribution is 2.37. The molecule has 0 saturated carbocycles. The first-order chi connectivity index (χ1) is 27.2. The molecule has 6 aromatic heterocycles. The summed E-state index contributed by atoms with van der Waals surface area (Å²) in [5, 5.41) is 2.05. The van der Waals surface area contributed by atoms with Gasteiger partial charge in [-0.15, -0.1) is 0 Å². The molecule has 9 heteroatoms. The van der Waals surface area contributed by atoms with Crippen LogP contribution in [0.15, 0.2) is 175 Å². The summed E-state index contributed by atoms with van der Waals surface area (Å²) >= 11 is 0. The van der Waals surface area contributed by atoms with E-state index < -0.39 is 0 Å². The van der Waals surface area contributed by atoms with Gasteiger partial charge < -0.3 is 4.42 Å². The van der Waals surface area contributed by atoms with Crippen LogP contribution in [0, 0.1) is 0 Å². The summed E-state index contributed by atoms with van der Waals surface area (Å²) in [4.78, 5) is 39.6. The second-order valence-electron chi connectivity index (χ2n) is 12.8. The maximum atomic E-state index is 6.46. The van der Waals surface area contributed by atoms with Crippen molar-refractivity contribution < 1.29 is 4.42 Å². The molecule has 6 heterocycles. The number of fused-ring (bicyclic) bond motifs is 3. The maximum absolute atomic E-state index is 6.46. The van der Waals surface area contributed by atoms with Crippen molar-refractivity contribution >= 4 is 21.9 Å². The van der Waals surface area contributed by atoms with Crippen molar-refractivity contribution in [1.82, 2.24) is 39.9 Å². The second kappa shape index (κ2) is 13.6. The molecule has 0 unspecified atom stereocenters. The van der Waals surface area contributed by atoms with Gasteiger partial charge in [0.2, 0.25) is 0 Å². The smallest absolute Gasteiger partial charge is 0.182 e. The first kappa shape index (κ1) is 31.9. The number of nitrogens with zero attached hydrogens (tertiary/aromatic N) is 8. The summed E-state index contributed by atoms with van der Waals surface area (Å²) in [6.45, 7) is 0. The first-order valence-electron chi connectivity index (χ1n) is 17.8. The number of rotatable bonds is 7. The molecular weight excluding hydrogens is 681 g/mol. The minimum Gasteiger partial charge on any atom is -0.455 e. The predicted molar refractivity (Wildman–Crippen MR) is 214 cm³/mol. The van der Waals surface area contributed by atoms with Crippen molar-refractivity contribution in [3.05, 3.63) is 170 Å². The summed E-state index contributed by atoms with van der Waals surface area (Å²) in [6.07, 6.45) is 3.50. The van der Waals surface area contributed by atoms with Crippen LogP contribution < -0.4 is 0 Å². The van der Waals surface area contributed by atoms with Crippen molar-refractivity contribution in [1.29, 1.82) is 0 Å². The van der Waals surface area contributed by atoms with Gasteiger partial charge in [-0.05, 0) is 54.6 Å². The van der Waals surface area contributed by atoms with Crippen LogP contribution in [0.5, 0.6) is 0 Å². The Bertz CT molecular complexity index is 2920. The van der Waals surface area contributed by atoms with Crippen LogP contribution in [0.3, 0.4) is 0 Å². The normalized spacial score (nSPS) is 11.3. The Morgan fingerprint density at radius 2 is 0.873 bits per heavy atom. The lowest BCUT2D eigenvalue weighted by molar-refractivity contribution is 0.670. The molecule has 0 radical (unpaired) electrons. The fourth-order valence-corrected chi connectivity index (χ4v) is 6.65. The largest absolute Gasteiger partial charge is 0.455 e. The second-order valence-corrected chi connectivity index (χ2v) is 12.8. The zero-order valence-corrected chi connectivity index (χ0v) is 29.2. The molecule has 0 aliphatic carbocycles. The van der Waals surface area contributed by atoms with E-state index in [1.807, 2.05) is 146 Å². The van der Waals surface area contributed by atoms with Crippen LogP contribution in [0.2, 0.25) is 0 Å². The van der Waals surface area contributed by atoms with Crippen LogP contribution in [-0.4, -0.2) is 39.9 Å². The molecule has 258 valence electrons. The summed E-state index contributed by atoms with van der Waals surface area (Å²) in [5.41, 5.74) is 8.77. The molecule has 10 rings (SSSR count). The minimum atomic E-state index is 0.386. The molecular formula is C46H28N8O.